The Hall–Kier alpha value is 0.820. The first kappa shape index (κ1) is 8.82. The standard InChI is InChI=1S/C5H15NP2/c1-4(7)6(3)5(2)8/h4-5H,7-8H2,1-3H3. The van der Waals surface area contributed by atoms with Gasteiger partial charge in [0.1, 0.15) is 0 Å². The molecule has 0 radical (unpaired) electrons. The van der Waals surface area contributed by atoms with E-state index in [2.05, 4.69) is 44.3 Å². The summed E-state index contributed by atoms with van der Waals surface area (Å²) in [5, 5.41) is 0. The Morgan fingerprint density at radius 2 is 1.38 bits per heavy atom. The molecular weight excluding hydrogens is 136 g/mol. The molecule has 0 N–H and O–H groups in total. The first-order valence-electron chi connectivity index (χ1n) is 2.78. The van der Waals surface area contributed by atoms with Crippen molar-refractivity contribution in [3.05, 3.63) is 0 Å². The van der Waals surface area contributed by atoms with E-state index in [-0.39, 0.29) is 0 Å². The lowest BCUT2D eigenvalue weighted by molar-refractivity contribution is 0.320. The number of hydrogen-bond acceptors (Lipinski definition) is 1. The predicted molar refractivity (Wildman–Crippen MR) is 46.1 cm³/mol. The van der Waals surface area contributed by atoms with Gasteiger partial charge in [-0.3, -0.25) is 4.90 Å². The summed E-state index contributed by atoms with van der Waals surface area (Å²) in [4.78, 5) is 2.26. The number of hydrogen-bond donors (Lipinski definition) is 0. The molecule has 3 heteroatoms. The number of rotatable bonds is 2. The third-order valence-electron chi connectivity index (χ3n) is 1.28. The predicted octanol–water partition coefficient (Wildman–Crippen LogP) is 1.36. The number of nitrogens with zero attached hydrogens (tertiary/aromatic N) is 1. The highest BCUT2D eigenvalue weighted by Gasteiger charge is 2.05. The zero-order chi connectivity index (χ0) is 6.73. The van der Waals surface area contributed by atoms with Crippen molar-refractivity contribution in [2.24, 2.45) is 0 Å². The topological polar surface area (TPSA) is 3.24 Å². The van der Waals surface area contributed by atoms with E-state index in [0.29, 0.717) is 11.6 Å². The van der Waals surface area contributed by atoms with Crippen LogP contribution in [0, 0.1) is 0 Å². The van der Waals surface area contributed by atoms with Gasteiger partial charge in [-0.2, -0.15) is 0 Å². The molecule has 0 fully saturated rings. The lowest BCUT2D eigenvalue weighted by atomic mass is 10.6. The second-order valence-electron chi connectivity index (χ2n) is 2.15. The summed E-state index contributed by atoms with van der Waals surface area (Å²) in [5.41, 5.74) is 0. The van der Waals surface area contributed by atoms with Gasteiger partial charge in [-0.15, -0.1) is 18.5 Å². The maximum absolute atomic E-state index is 2.75. The molecule has 0 bridgehead atoms. The SMILES string of the molecule is CC(P)N(C)C(C)P. The van der Waals surface area contributed by atoms with E-state index in [1.165, 1.54) is 0 Å². The Morgan fingerprint density at radius 1 is 1.12 bits per heavy atom. The van der Waals surface area contributed by atoms with Crippen LogP contribution in [0.25, 0.3) is 0 Å². The maximum atomic E-state index is 2.75. The Bertz CT molecular complexity index is 55.4. The third kappa shape index (κ3) is 2.97. The summed E-state index contributed by atoms with van der Waals surface area (Å²) >= 11 is 0. The highest BCUT2D eigenvalue weighted by atomic mass is 31.0. The Morgan fingerprint density at radius 3 is 1.38 bits per heavy atom. The highest BCUT2D eigenvalue weighted by molar-refractivity contribution is 7.18. The van der Waals surface area contributed by atoms with E-state index in [1.807, 2.05) is 0 Å². The highest BCUT2D eigenvalue weighted by Crippen LogP contribution is 2.11. The van der Waals surface area contributed by atoms with Crippen LogP contribution in [-0.4, -0.2) is 23.5 Å². The molecular formula is C5H15NP2. The van der Waals surface area contributed by atoms with Crippen molar-refractivity contribution < 1.29 is 0 Å². The van der Waals surface area contributed by atoms with Crippen LogP contribution >= 0.6 is 18.5 Å². The average Bonchev–Trinajstić information content (AvgIpc) is 1.64. The summed E-state index contributed by atoms with van der Waals surface area (Å²) in [6.45, 7) is 4.32. The molecule has 0 aromatic heterocycles. The van der Waals surface area contributed by atoms with Crippen LogP contribution in [0.15, 0.2) is 0 Å². The van der Waals surface area contributed by atoms with Crippen molar-refractivity contribution in [3.8, 4) is 0 Å². The van der Waals surface area contributed by atoms with Gasteiger partial charge >= 0.3 is 0 Å². The minimum absolute atomic E-state index is 0.572. The molecule has 0 aliphatic carbocycles. The van der Waals surface area contributed by atoms with Gasteiger partial charge < -0.3 is 0 Å². The largest absolute Gasteiger partial charge is 0.294 e. The van der Waals surface area contributed by atoms with Gasteiger partial charge in [0.2, 0.25) is 0 Å². The first-order chi connectivity index (χ1) is 3.55. The summed E-state index contributed by atoms with van der Waals surface area (Å²) in [7, 11) is 7.61. The van der Waals surface area contributed by atoms with Crippen molar-refractivity contribution in [2.75, 3.05) is 7.05 Å². The molecule has 0 saturated carbocycles. The van der Waals surface area contributed by atoms with Crippen LogP contribution in [-0.2, 0) is 0 Å². The van der Waals surface area contributed by atoms with E-state index in [9.17, 15) is 0 Å². The molecule has 0 saturated heterocycles. The average molecular weight is 151 g/mol. The van der Waals surface area contributed by atoms with E-state index in [4.69, 9.17) is 0 Å². The lowest BCUT2D eigenvalue weighted by Gasteiger charge is -2.24. The molecule has 0 aromatic rings. The van der Waals surface area contributed by atoms with Crippen molar-refractivity contribution in [1.29, 1.82) is 0 Å². The zero-order valence-corrected chi connectivity index (χ0v) is 8.07. The quantitative estimate of drug-likeness (QED) is 0.538. The van der Waals surface area contributed by atoms with Crippen molar-refractivity contribution in [2.45, 2.75) is 25.4 Å². The smallest absolute Gasteiger partial charge is 0.0214 e. The lowest BCUT2D eigenvalue weighted by Crippen LogP contribution is -2.28. The van der Waals surface area contributed by atoms with Crippen molar-refractivity contribution >= 4 is 18.5 Å². The molecule has 0 heterocycles. The van der Waals surface area contributed by atoms with Crippen LogP contribution in [0.1, 0.15) is 13.8 Å². The molecule has 0 spiro atoms. The molecule has 4 unspecified atom stereocenters. The second-order valence-corrected chi connectivity index (χ2v) is 4.08. The van der Waals surface area contributed by atoms with E-state index < -0.39 is 0 Å². The van der Waals surface area contributed by atoms with Crippen LogP contribution in [0.5, 0.6) is 0 Å². The molecule has 1 nitrogen and oxygen atoms in total. The van der Waals surface area contributed by atoms with E-state index in [0.717, 1.165) is 0 Å². The summed E-state index contributed by atoms with van der Waals surface area (Å²) < 4.78 is 0. The molecule has 8 heavy (non-hydrogen) atoms. The summed E-state index contributed by atoms with van der Waals surface area (Å²) in [6, 6.07) is 0. The normalized spacial score (nSPS) is 18.8. The third-order valence-corrected chi connectivity index (χ3v) is 2.23. The fourth-order valence-corrected chi connectivity index (χ4v) is 1.11. The fraction of sp³-hybridized carbons (Fsp3) is 1.00. The van der Waals surface area contributed by atoms with Gasteiger partial charge in [0.15, 0.2) is 0 Å². The molecule has 0 aliphatic heterocycles. The second kappa shape index (κ2) is 3.77. The molecule has 4 atom stereocenters. The van der Waals surface area contributed by atoms with Crippen LogP contribution in [0.2, 0.25) is 0 Å². The molecule has 0 aromatic carbocycles. The Labute approximate surface area is 56.6 Å². The summed E-state index contributed by atoms with van der Waals surface area (Å²) in [6.07, 6.45) is 0. The van der Waals surface area contributed by atoms with Crippen LogP contribution in [0.4, 0.5) is 0 Å². The van der Waals surface area contributed by atoms with Gasteiger partial charge in [0.05, 0.1) is 0 Å². The van der Waals surface area contributed by atoms with Gasteiger partial charge in [-0.25, -0.2) is 0 Å². The van der Waals surface area contributed by atoms with Crippen molar-refractivity contribution in [1.82, 2.24) is 4.90 Å². The Balaban J connectivity index is 3.46. The maximum Gasteiger partial charge on any atom is 0.0214 e. The van der Waals surface area contributed by atoms with Crippen molar-refractivity contribution in [3.63, 3.8) is 0 Å². The minimum atomic E-state index is 0.572. The molecule has 0 rings (SSSR count). The molecule has 0 amide bonds. The van der Waals surface area contributed by atoms with Crippen LogP contribution < -0.4 is 0 Å². The molecule has 0 aliphatic rings. The zero-order valence-electron chi connectivity index (χ0n) is 5.76. The van der Waals surface area contributed by atoms with Gasteiger partial charge in [-0.1, -0.05) is 0 Å². The van der Waals surface area contributed by atoms with Gasteiger partial charge in [0.25, 0.3) is 0 Å². The first-order valence-corrected chi connectivity index (χ1v) is 4.12. The van der Waals surface area contributed by atoms with Crippen LogP contribution in [0.3, 0.4) is 0 Å². The minimum Gasteiger partial charge on any atom is -0.294 e. The summed E-state index contributed by atoms with van der Waals surface area (Å²) in [5.74, 6) is 1.14. The monoisotopic (exact) mass is 151 g/mol. The van der Waals surface area contributed by atoms with E-state index >= 15 is 0 Å². The Kier molecular flexibility index (Phi) is 4.16. The molecule has 50 valence electrons. The van der Waals surface area contributed by atoms with E-state index in [1.54, 1.807) is 0 Å². The van der Waals surface area contributed by atoms with Gasteiger partial charge in [-0.05, 0) is 20.9 Å². The van der Waals surface area contributed by atoms with Gasteiger partial charge in [0, 0.05) is 11.6 Å². The fourth-order valence-electron chi connectivity index (χ4n) is 0.371.